The summed E-state index contributed by atoms with van der Waals surface area (Å²) in [6.07, 6.45) is 0.866. The lowest BCUT2D eigenvalue weighted by molar-refractivity contribution is -0.121. The fourth-order valence-corrected chi connectivity index (χ4v) is 1.68. The van der Waals surface area contributed by atoms with Crippen molar-refractivity contribution in [1.29, 1.82) is 0 Å². The third-order valence-corrected chi connectivity index (χ3v) is 3.67. The number of para-hydroxylation sites is 1. The minimum absolute atomic E-state index is 0.168. The summed E-state index contributed by atoms with van der Waals surface area (Å²) in [5.41, 5.74) is 7.79. The van der Waals surface area contributed by atoms with E-state index in [1.165, 1.54) is 0 Å². The van der Waals surface area contributed by atoms with Crippen molar-refractivity contribution in [2.24, 2.45) is 11.1 Å². The first-order valence-electron chi connectivity index (χ1n) is 6.00. The van der Waals surface area contributed by atoms with E-state index < -0.39 is 5.41 Å². The van der Waals surface area contributed by atoms with Gasteiger partial charge in [0.25, 0.3) is 0 Å². The molecular formula is C14H20N2OS. The molecule has 0 aliphatic rings. The van der Waals surface area contributed by atoms with Crippen molar-refractivity contribution in [2.45, 2.75) is 34.1 Å². The molecule has 3 N–H and O–H groups in total. The fraction of sp³-hybridized carbons (Fsp3) is 0.429. The number of aryl methyl sites for hydroxylation is 2. The molecule has 98 valence electrons. The van der Waals surface area contributed by atoms with Gasteiger partial charge in [-0.2, -0.15) is 0 Å². The van der Waals surface area contributed by atoms with Gasteiger partial charge in [0.1, 0.15) is 0 Å². The standard InChI is InChI=1S/C14H20N2OS/c1-5-10-8-6-7-9(2)11(10)16-13(17)14(3,4)12(15)18/h6-8H,5H2,1-4H3,(H2,15,18)(H,16,17). The number of benzene rings is 1. The number of carbonyl (C=O) groups excluding carboxylic acids is 1. The Morgan fingerprint density at radius 1 is 1.44 bits per heavy atom. The summed E-state index contributed by atoms with van der Waals surface area (Å²) in [5, 5.41) is 2.94. The van der Waals surface area contributed by atoms with E-state index in [1.807, 2.05) is 25.1 Å². The highest BCUT2D eigenvalue weighted by atomic mass is 32.1. The van der Waals surface area contributed by atoms with E-state index in [-0.39, 0.29) is 10.9 Å². The van der Waals surface area contributed by atoms with Crippen LogP contribution in [-0.4, -0.2) is 10.9 Å². The van der Waals surface area contributed by atoms with Crippen LogP contribution < -0.4 is 11.1 Å². The highest BCUT2D eigenvalue weighted by molar-refractivity contribution is 7.80. The quantitative estimate of drug-likeness (QED) is 0.822. The largest absolute Gasteiger partial charge is 0.392 e. The van der Waals surface area contributed by atoms with Crippen LogP contribution in [0.4, 0.5) is 5.69 Å². The summed E-state index contributed by atoms with van der Waals surface area (Å²) in [6.45, 7) is 7.49. The molecular weight excluding hydrogens is 244 g/mol. The van der Waals surface area contributed by atoms with Crippen LogP contribution in [-0.2, 0) is 11.2 Å². The molecule has 0 aliphatic carbocycles. The van der Waals surface area contributed by atoms with Gasteiger partial charge in [-0.1, -0.05) is 37.3 Å². The molecule has 0 unspecified atom stereocenters. The van der Waals surface area contributed by atoms with Crippen LogP contribution in [0.25, 0.3) is 0 Å². The minimum Gasteiger partial charge on any atom is -0.392 e. The van der Waals surface area contributed by atoms with Crippen LogP contribution in [0.3, 0.4) is 0 Å². The van der Waals surface area contributed by atoms with Crippen LogP contribution in [0.2, 0.25) is 0 Å². The predicted octanol–water partition coefficient (Wildman–Crippen LogP) is 2.81. The average Bonchev–Trinajstić information content (AvgIpc) is 2.31. The van der Waals surface area contributed by atoms with Crippen LogP contribution in [0.15, 0.2) is 18.2 Å². The summed E-state index contributed by atoms with van der Waals surface area (Å²) in [4.78, 5) is 12.4. The van der Waals surface area contributed by atoms with Crippen molar-refractivity contribution in [2.75, 3.05) is 5.32 Å². The number of hydrogen-bond acceptors (Lipinski definition) is 2. The highest BCUT2D eigenvalue weighted by Gasteiger charge is 2.31. The zero-order chi connectivity index (χ0) is 13.9. The average molecular weight is 264 g/mol. The fourth-order valence-electron chi connectivity index (χ4n) is 1.58. The van der Waals surface area contributed by atoms with E-state index in [0.29, 0.717) is 0 Å². The maximum atomic E-state index is 12.2. The Hall–Kier alpha value is -1.42. The Morgan fingerprint density at radius 2 is 2.06 bits per heavy atom. The number of amides is 1. The van der Waals surface area contributed by atoms with Crippen LogP contribution in [0.1, 0.15) is 31.9 Å². The van der Waals surface area contributed by atoms with Crippen LogP contribution >= 0.6 is 12.2 Å². The molecule has 0 atom stereocenters. The number of carbonyl (C=O) groups is 1. The first-order chi connectivity index (χ1) is 8.30. The van der Waals surface area contributed by atoms with Crippen molar-refractivity contribution in [3.05, 3.63) is 29.3 Å². The maximum absolute atomic E-state index is 12.2. The Labute approximate surface area is 114 Å². The number of nitrogens with two attached hydrogens (primary N) is 1. The maximum Gasteiger partial charge on any atom is 0.236 e. The van der Waals surface area contributed by atoms with Gasteiger partial charge >= 0.3 is 0 Å². The van der Waals surface area contributed by atoms with Gasteiger partial charge in [-0.3, -0.25) is 4.79 Å². The van der Waals surface area contributed by atoms with E-state index in [1.54, 1.807) is 13.8 Å². The molecule has 0 aromatic heterocycles. The molecule has 1 aromatic rings. The van der Waals surface area contributed by atoms with Gasteiger partial charge in [-0.05, 0) is 38.3 Å². The smallest absolute Gasteiger partial charge is 0.236 e. The molecule has 0 bridgehead atoms. The normalized spacial score (nSPS) is 11.1. The molecule has 1 rings (SSSR count). The molecule has 0 saturated heterocycles. The van der Waals surface area contributed by atoms with E-state index in [9.17, 15) is 4.79 Å². The van der Waals surface area contributed by atoms with Gasteiger partial charge < -0.3 is 11.1 Å². The molecule has 0 saturated carbocycles. The number of nitrogens with one attached hydrogen (secondary N) is 1. The third-order valence-electron chi connectivity index (χ3n) is 3.16. The molecule has 0 spiro atoms. The first-order valence-corrected chi connectivity index (χ1v) is 6.41. The molecule has 0 radical (unpaired) electrons. The van der Waals surface area contributed by atoms with E-state index in [0.717, 1.165) is 23.2 Å². The minimum atomic E-state index is -0.845. The summed E-state index contributed by atoms with van der Waals surface area (Å²) in [5.74, 6) is -0.168. The SMILES string of the molecule is CCc1cccc(C)c1NC(=O)C(C)(C)C(N)=S. The molecule has 3 nitrogen and oxygen atoms in total. The lowest BCUT2D eigenvalue weighted by Crippen LogP contribution is -2.41. The summed E-state index contributed by atoms with van der Waals surface area (Å²) >= 11 is 4.94. The van der Waals surface area contributed by atoms with Crippen LogP contribution in [0.5, 0.6) is 0 Å². The van der Waals surface area contributed by atoms with Crippen molar-refractivity contribution < 1.29 is 4.79 Å². The first kappa shape index (κ1) is 14.6. The van der Waals surface area contributed by atoms with Gasteiger partial charge in [-0.25, -0.2) is 0 Å². The zero-order valence-electron chi connectivity index (χ0n) is 11.3. The van der Waals surface area contributed by atoms with Gasteiger partial charge in [0.2, 0.25) is 5.91 Å². The molecule has 0 aliphatic heterocycles. The van der Waals surface area contributed by atoms with Crippen molar-refractivity contribution >= 4 is 28.8 Å². The van der Waals surface area contributed by atoms with E-state index >= 15 is 0 Å². The zero-order valence-corrected chi connectivity index (χ0v) is 12.1. The Balaban J connectivity index is 3.06. The molecule has 1 aromatic carbocycles. The third kappa shape index (κ3) is 2.88. The number of anilines is 1. The predicted molar refractivity (Wildman–Crippen MR) is 79.8 cm³/mol. The Kier molecular flexibility index (Phi) is 4.46. The lowest BCUT2D eigenvalue weighted by atomic mass is 9.92. The van der Waals surface area contributed by atoms with Gasteiger partial charge in [0.05, 0.1) is 10.4 Å². The van der Waals surface area contributed by atoms with E-state index in [4.69, 9.17) is 18.0 Å². The second-order valence-electron chi connectivity index (χ2n) is 4.91. The molecule has 18 heavy (non-hydrogen) atoms. The summed E-state index contributed by atoms with van der Waals surface area (Å²) in [6, 6.07) is 5.97. The van der Waals surface area contributed by atoms with Crippen molar-refractivity contribution in [3.63, 3.8) is 0 Å². The number of rotatable bonds is 4. The van der Waals surface area contributed by atoms with E-state index in [2.05, 4.69) is 12.2 Å². The van der Waals surface area contributed by atoms with Gasteiger partial charge in [-0.15, -0.1) is 0 Å². The number of thiocarbonyl (C=S) groups is 1. The molecule has 4 heteroatoms. The van der Waals surface area contributed by atoms with Gasteiger partial charge in [0.15, 0.2) is 0 Å². The van der Waals surface area contributed by atoms with Crippen molar-refractivity contribution in [1.82, 2.24) is 0 Å². The second kappa shape index (κ2) is 5.48. The molecule has 0 fully saturated rings. The Bertz CT molecular complexity index is 481. The lowest BCUT2D eigenvalue weighted by Gasteiger charge is -2.23. The molecule has 1 amide bonds. The molecule has 0 heterocycles. The Morgan fingerprint density at radius 3 is 2.56 bits per heavy atom. The summed E-state index contributed by atoms with van der Waals surface area (Å²) < 4.78 is 0. The second-order valence-corrected chi connectivity index (χ2v) is 5.35. The van der Waals surface area contributed by atoms with Crippen molar-refractivity contribution in [3.8, 4) is 0 Å². The van der Waals surface area contributed by atoms with Crippen LogP contribution in [0, 0.1) is 12.3 Å². The van der Waals surface area contributed by atoms with Gasteiger partial charge in [0, 0.05) is 5.69 Å². The number of hydrogen-bond donors (Lipinski definition) is 2. The topological polar surface area (TPSA) is 55.1 Å². The monoisotopic (exact) mass is 264 g/mol. The highest BCUT2D eigenvalue weighted by Crippen LogP contribution is 2.24. The summed E-state index contributed by atoms with van der Waals surface area (Å²) in [7, 11) is 0.